The van der Waals surface area contributed by atoms with Crippen molar-refractivity contribution in [2.45, 2.75) is 109 Å². The van der Waals surface area contributed by atoms with Gasteiger partial charge in [0.25, 0.3) is 5.91 Å². The number of amides is 2. The number of nitrogens with zero attached hydrogens (tertiary/aromatic N) is 2. The predicted octanol–water partition coefficient (Wildman–Crippen LogP) is 4.73. The summed E-state index contributed by atoms with van der Waals surface area (Å²) in [4.78, 5) is 67.4. The molecule has 1 saturated heterocycles. The fraction of sp³-hybridized carbons (Fsp3) is 0.541. The van der Waals surface area contributed by atoms with Crippen LogP contribution in [0.2, 0.25) is 0 Å². The van der Waals surface area contributed by atoms with Crippen molar-refractivity contribution in [1.29, 1.82) is 0 Å². The number of carbonyl (C=O) groups is 5. The number of ketones is 1. The highest BCUT2D eigenvalue weighted by atomic mass is 16.6. The Morgan fingerprint density at radius 1 is 0.875 bits per heavy atom. The first kappa shape index (κ1) is 35.1. The van der Waals surface area contributed by atoms with Gasteiger partial charge < -0.3 is 24.0 Å². The molecule has 2 aromatic rings. The molecule has 2 aromatic carbocycles. The largest absolute Gasteiger partial charge is 0.466 e. The van der Waals surface area contributed by atoms with Crippen molar-refractivity contribution in [2.24, 2.45) is 11.7 Å². The van der Waals surface area contributed by atoms with E-state index in [1.54, 1.807) is 24.3 Å². The van der Waals surface area contributed by atoms with Crippen LogP contribution in [-0.2, 0) is 35.1 Å². The number of likely N-dealkylation sites (tertiary alicyclic amines) is 1. The summed E-state index contributed by atoms with van der Waals surface area (Å²) in [6.07, 6.45) is 3.95. The molecule has 4 atom stereocenters. The summed E-state index contributed by atoms with van der Waals surface area (Å²) in [5.41, 5.74) is 7.75. The first-order valence-corrected chi connectivity index (χ1v) is 17.1. The van der Waals surface area contributed by atoms with Gasteiger partial charge in [0.05, 0.1) is 0 Å². The zero-order valence-electron chi connectivity index (χ0n) is 28.2. The third-order valence-electron chi connectivity index (χ3n) is 9.70. The van der Waals surface area contributed by atoms with Gasteiger partial charge in [0.2, 0.25) is 11.6 Å². The molecule has 2 heterocycles. The van der Waals surface area contributed by atoms with E-state index in [0.29, 0.717) is 62.9 Å². The van der Waals surface area contributed by atoms with Crippen LogP contribution in [0.15, 0.2) is 48.5 Å². The number of benzene rings is 2. The topological polar surface area (TPSA) is 146 Å². The molecule has 0 aromatic heterocycles. The second kappa shape index (κ2) is 15.3. The summed E-state index contributed by atoms with van der Waals surface area (Å²) in [5.74, 6) is -1.45. The van der Waals surface area contributed by atoms with Crippen molar-refractivity contribution in [3.8, 4) is 5.75 Å². The van der Waals surface area contributed by atoms with E-state index in [0.717, 1.165) is 18.5 Å². The van der Waals surface area contributed by atoms with Gasteiger partial charge >= 0.3 is 11.9 Å². The number of piperidine rings is 1. The molecule has 258 valence electrons. The van der Waals surface area contributed by atoms with Gasteiger partial charge in [-0.25, -0.2) is 0 Å². The minimum atomic E-state index is -1.63. The number of unbranched alkanes of at least 4 members (excludes halogenated alkanes) is 1. The number of esters is 2. The summed E-state index contributed by atoms with van der Waals surface area (Å²) in [6, 6.07) is 14.8. The zero-order valence-corrected chi connectivity index (χ0v) is 28.2. The Morgan fingerprint density at radius 2 is 1.54 bits per heavy atom. The highest BCUT2D eigenvalue weighted by molar-refractivity contribution is 5.97. The Kier molecular flexibility index (Phi) is 11.2. The minimum Gasteiger partial charge on any atom is -0.466 e. The van der Waals surface area contributed by atoms with Crippen molar-refractivity contribution in [1.82, 2.24) is 4.90 Å². The number of anilines is 1. The lowest BCUT2D eigenvalue weighted by Crippen LogP contribution is -2.57. The molecule has 2 fully saturated rings. The van der Waals surface area contributed by atoms with Gasteiger partial charge in [-0.2, -0.15) is 0 Å². The SMILES string of the molecule is CCCCC(N)(Oc1ccc(C(=O)N2CCC(N3C(=O)CCc4ccccc43)CC2)cc1)C(=O)C1CCC(OC(C)=O)C(OC(C)=O)C1. The molecule has 2 N–H and O–H groups in total. The number of ether oxygens (including phenoxy) is 3. The normalized spacial score (nSPS) is 22.7. The van der Waals surface area contributed by atoms with E-state index in [1.807, 2.05) is 34.9 Å². The summed E-state index contributed by atoms with van der Waals surface area (Å²) >= 11 is 0. The molecule has 11 nitrogen and oxygen atoms in total. The molecule has 48 heavy (non-hydrogen) atoms. The molecule has 4 unspecified atom stereocenters. The molecule has 3 aliphatic rings. The molecule has 0 bridgehead atoms. The van der Waals surface area contributed by atoms with E-state index >= 15 is 0 Å². The van der Waals surface area contributed by atoms with Crippen LogP contribution in [-0.4, -0.2) is 71.5 Å². The summed E-state index contributed by atoms with van der Waals surface area (Å²) < 4.78 is 17.0. The average Bonchev–Trinajstić information content (AvgIpc) is 3.07. The third kappa shape index (κ3) is 8.06. The number of hydrogen-bond donors (Lipinski definition) is 1. The maximum absolute atomic E-state index is 13.9. The van der Waals surface area contributed by atoms with Crippen LogP contribution in [0, 0.1) is 5.92 Å². The lowest BCUT2D eigenvalue weighted by Gasteiger charge is -2.41. The average molecular weight is 662 g/mol. The van der Waals surface area contributed by atoms with E-state index in [1.165, 1.54) is 19.4 Å². The Morgan fingerprint density at radius 3 is 2.21 bits per heavy atom. The van der Waals surface area contributed by atoms with Crippen molar-refractivity contribution >= 4 is 35.2 Å². The van der Waals surface area contributed by atoms with Crippen LogP contribution >= 0.6 is 0 Å². The number of hydrogen-bond acceptors (Lipinski definition) is 9. The molecular weight excluding hydrogens is 614 g/mol. The molecule has 2 amide bonds. The second-order valence-corrected chi connectivity index (χ2v) is 13.2. The maximum atomic E-state index is 13.9. The lowest BCUT2D eigenvalue weighted by molar-refractivity contribution is -0.172. The number of Topliss-reactive ketones (excluding diaryl/α,β-unsaturated/α-hetero) is 1. The number of rotatable bonds is 11. The van der Waals surface area contributed by atoms with E-state index in [4.69, 9.17) is 19.9 Å². The van der Waals surface area contributed by atoms with Crippen molar-refractivity contribution in [3.63, 3.8) is 0 Å². The van der Waals surface area contributed by atoms with Gasteiger partial charge in [-0.05, 0) is 80.8 Å². The number of nitrogens with two attached hydrogens (primary N) is 1. The first-order chi connectivity index (χ1) is 23.0. The van der Waals surface area contributed by atoms with Crippen LogP contribution < -0.4 is 15.4 Å². The van der Waals surface area contributed by atoms with Crippen LogP contribution in [0.25, 0.3) is 0 Å². The van der Waals surface area contributed by atoms with Gasteiger partial charge in [-0.3, -0.25) is 29.7 Å². The molecule has 1 saturated carbocycles. The van der Waals surface area contributed by atoms with Crippen molar-refractivity contribution in [3.05, 3.63) is 59.7 Å². The van der Waals surface area contributed by atoms with E-state index in [2.05, 4.69) is 6.07 Å². The Hall–Kier alpha value is -4.25. The number of fused-ring (bicyclic) bond motifs is 1. The molecule has 5 rings (SSSR count). The molecule has 0 spiro atoms. The molecule has 1 aliphatic carbocycles. The van der Waals surface area contributed by atoms with Gasteiger partial charge in [-0.15, -0.1) is 0 Å². The minimum absolute atomic E-state index is 0.0538. The zero-order chi connectivity index (χ0) is 34.4. The predicted molar refractivity (Wildman–Crippen MR) is 178 cm³/mol. The maximum Gasteiger partial charge on any atom is 0.303 e. The molecule has 0 radical (unpaired) electrons. The van der Waals surface area contributed by atoms with Crippen LogP contribution in [0.3, 0.4) is 0 Å². The van der Waals surface area contributed by atoms with Gasteiger partial charge in [0.1, 0.15) is 18.0 Å². The Labute approximate surface area is 282 Å². The van der Waals surface area contributed by atoms with Crippen LogP contribution in [0.5, 0.6) is 5.75 Å². The lowest BCUT2D eigenvalue weighted by atomic mass is 9.78. The first-order valence-electron chi connectivity index (χ1n) is 17.1. The standard InChI is InChI=1S/C37H47N3O8/c1-4-5-20-37(38,35(44)28-12-16-32(46-24(2)41)33(23-28)47-25(3)42)48-30-14-10-27(11-15-30)36(45)39-21-18-29(19-22-39)40-31-9-7-6-8-26(31)13-17-34(40)43/h6-11,14-15,28-29,32-33H,4-5,12-13,16-23,38H2,1-3H3. The summed E-state index contributed by atoms with van der Waals surface area (Å²) in [7, 11) is 0. The van der Waals surface area contributed by atoms with Crippen LogP contribution in [0.1, 0.15) is 94.5 Å². The smallest absolute Gasteiger partial charge is 0.303 e. The third-order valence-corrected chi connectivity index (χ3v) is 9.70. The highest BCUT2D eigenvalue weighted by Gasteiger charge is 2.45. The molecular formula is C37H47N3O8. The number of para-hydroxylation sites is 1. The second-order valence-electron chi connectivity index (χ2n) is 13.2. The van der Waals surface area contributed by atoms with Gasteiger partial charge in [0, 0.05) is 63.0 Å². The van der Waals surface area contributed by atoms with E-state index in [9.17, 15) is 24.0 Å². The van der Waals surface area contributed by atoms with E-state index in [-0.39, 0.29) is 36.5 Å². The summed E-state index contributed by atoms with van der Waals surface area (Å²) in [6.45, 7) is 5.66. The van der Waals surface area contributed by atoms with Gasteiger partial charge in [0.15, 0.2) is 5.78 Å². The van der Waals surface area contributed by atoms with Crippen molar-refractivity contribution in [2.75, 3.05) is 18.0 Å². The summed E-state index contributed by atoms with van der Waals surface area (Å²) in [5, 5.41) is 0. The Bertz CT molecular complexity index is 1500. The molecule has 2 aliphatic heterocycles. The van der Waals surface area contributed by atoms with Gasteiger partial charge in [-0.1, -0.05) is 31.5 Å². The van der Waals surface area contributed by atoms with E-state index < -0.39 is 35.8 Å². The number of aryl methyl sites for hydroxylation is 1. The quantitative estimate of drug-likeness (QED) is 0.267. The fourth-order valence-corrected chi connectivity index (χ4v) is 7.27. The van der Waals surface area contributed by atoms with Crippen molar-refractivity contribution < 1.29 is 38.2 Å². The highest BCUT2D eigenvalue weighted by Crippen LogP contribution is 2.35. The van der Waals surface area contributed by atoms with Crippen LogP contribution in [0.4, 0.5) is 5.69 Å². The number of carbonyl (C=O) groups excluding carboxylic acids is 5. The molecule has 11 heteroatoms. The fourth-order valence-electron chi connectivity index (χ4n) is 7.27. The monoisotopic (exact) mass is 661 g/mol. The Balaban J connectivity index is 1.22.